The van der Waals surface area contributed by atoms with Gasteiger partial charge in [0, 0.05) is 12.6 Å². The van der Waals surface area contributed by atoms with Crippen molar-refractivity contribution in [2.45, 2.75) is 19.4 Å². The van der Waals surface area contributed by atoms with Gasteiger partial charge < -0.3 is 10.1 Å². The monoisotopic (exact) mass is 286 g/mol. The third-order valence-corrected chi connectivity index (χ3v) is 4.36. The van der Waals surface area contributed by atoms with E-state index in [0.29, 0.717) is 6.54 Å². The summed E-state index contributed by atoms with van der Waals surface area (Å²) < 4.78 is 30.1. The Morgan fingerprint density at radius 3 is 2.37 bits per heavy atom. The van der Waals surface area contributed by atoms with Crippen molar-refractivity contribution in [1.82, 2.24) is 10.0 Å². The van der Waals surface area contributed by atoms with E-state index in [4.69, 9.17) is 4.74 Å². The van der Waals surface area contributed by atoms with E-state index in [2.05, 4.69) is 17.0 Å². The number of ether oxygens (including phenoxy) is 1. The minimum Gasteiger partial charge on any atom is -0.497 e. The van der Waals surface area contributed by atoms with Crippen molar-refractivity contribution in [2.75, 3.05) is 26.5 Å². The molecule has 1 rings (SSSR count). The number of hydrogen-bond donors (Lipinski definition) is 2. The lowest BCUT2D eigenvalue weighted by Gasteiger charge is -2.17. The first-order valence-corrected chi connectivity index (χ1v) is 7.96. The van der Waals surface area contributed by atoms with Crippen molar-refractivity contribution < 1.29 is 13.2 Å². The van der Waals surface area contributed by atoms with Gasteiger partial charge in [-0.1, -0.05) is 19.1 Å². The smallest absolute Gasteiger partial charge is 0.212 e. The topological polar surface area (TPSA) is 67.4 Å². The summed E-state index contributed by atoms with van der Waals surface area (Å²) in [4.78, 5) is 0. The van der Waals surface area contributed by atoms with E-state index in [-0.39, 0.29) is 11.8 Å². The van der Waals surface area contributed by atoms with Gasteiger partial charge in [0.05, 0.1) is 12.9 Å². The van der Waals surface area contributed by atoms with Crippen LogP contribution in [0.15, 0.2) is 24.3 Å². The van der Waals surface area contributed by atoms with Gasteiger partial charge in [0.25, 0.3) is 0 Å². The zero-order valence-corrected chi connectivity index (χ0v) is 12.5. The van der Waals surface area contributed by atoms with Crippen LogP contribution in [0.1, 0.15) is 24.9 Å². The van der Waals surface area contributed by atoms with Crippen LogP contribution < -0.4 is 14.8 Å². The minimum atomic E-state index is -3.15. The summed E-state index contributed by atoms with van der Waals surface area (Å²) >= 11 is 0. The van der Waals surface area contributed by atoms with Gasteiger partial charge in [0.1, 0.15) is 5.75 Å². The summed E-state index contributed by atoms with van der Waals surface area (Å²) in [6.07, 6.45) is 0.895. The second kappa shape index (κ2) is 7.47. The minimum absolute atomic E-state index is 0.0795. The highest BCUT2D eigenvalue weighted by molar-refractivity contribution is 7.89. The fourth-order valence-electron chi connectivity index (χ4n) is 1.80. The summed E-state index contributed by atoms with van der Waals surface area (Å²) in [6.45, 7) is 2.49. The molecule has 0 aliphatic rings. The molecule has 5 nitrogen and oxygen atoms in total. The molecule has 6 heteroatoms. The molecule has 0 fully saturated rings. The highest BCUT2D eigenvalue weighted by atomic mass is 32.2. The van der Waals surface area contributed by atoms with Crippen molar-refractivity contribution in [3.8, 4) is 5.75 Å². The van der Waals surface area contributed by atoms with E-state index in [1.54, 1.807) is 7.11 Å². The Morgan fingerprint density at radius 1 is 1.26 bits per heavy atom. The molecule has 0 heterocycles. The Balaban J connectivity index is 2.57. The Labute approximate surface area is 115 Å². The standard InChI is InChI=1S/C13H22N2O3S/c1-4-13(15-9-10-19(16,17)14-2)11-5-7-12(18-3)8-6-11/h5-8,13-15H,4,9-10H2,1-3H3. The summed E-state index contributed by atoms with van der Waals surface area (Å²) in [7, 11) is -0.0899. The largest absolute Gasteiger partial charge is 0.497 e. The number of rotatable bonds is 8. The molecule has 0 aliphatic carbocycles. The zero-order valence-electron chi connectivity index (χ0n) is 11.6. The molecule has 0 spiro atoms. The molecule has 0 radical (unpaired) electrons. The maximum Gasteiger partial charge on any atom is 0.212 e. The molecule has 0 saturated carbocycles. The number of benzene rings is 1. The number of hydrogen-bond acceptors (Lipinski definition) is 4. The van der Waals surface area contributed by atoms with Gasteiger partial charge in [0.2, 0.25) is 10.0 Å². The normalized spacial score (nSPS) is 13.2. The molecule has 1 unspecified atom stereocenters. The molecule has 0 amide bonds. The molecular formula is C13H22N2O3S. The van der Waals surface area contributed by atoms with Crippen molar-refractivity contribution in [3.63, 3.8) is 0 Å². The van der Waals surface area contributed by atoms with Gasteiger partial charge in [-0.3, -0.25) is 0 Å². The molecule has 2 N–H and O–H groups in total. The molecular weight excluding hydrogens is 264 g/mol. The number of methoxy groups -OCH3 is 1. The lowest BCUT2D eigenvalue weighted by Crippen LogP contribution is -2.31. The van der Waals surface area contributed by atoms with Crippen LogP contribution in [-0.4, -0.2) is 34.9 Å². The fourth-order valence-corrected chi connectivity index (χ4v) is 2.39. The maximum atomic E-state index is 11.3. The Hall–Kier alpha value is -1.11. The molecule has 0 aromatic heterocycles. The summed E-state index contributed by atoms with van der Waals surface area (Å²) in [5, 5.41) is 3.25. The highest BCUT2D eigenvalue weighted by Crippen LogP contribution is 2.19. The SMILES string of the molecule is CCC(NCCS(=O)(=O)NC)c1ccc(OC)cc1. The van der Waals surface area contributed by atoms with Gasteiger partial charge in [-0.05, 0) is 31.2 Å². The Kier molecular flexibility index (Phi) is 6.27. The third kappa shape index (κ3) is 5.18. The molecule has 19 heavy (non-hydrogen) atoms. The van der Waals surface area contributed by atoms with Crippen LogP contribution in [0.5, 0.6) is 5.75 Å². The van der Waals surface area contributed by atoms with Gasteiger partial charge >= 0.3 is 0 Å². The van der Waals surface area contributed by atoms with Crippen molar-refractivity contribution in [3.05, 3.63) is 29.8 Å². The van der Waals surface area contributed by atoms with Crippen LogP contribution in [0.3, 0.4) is 0 Å². The van der Waals surface area contributed by atoms with Gasteiger partial charge in [-0.2, -0.15) is 0 Å². The van der Waals surface area contributed by atoms with Crippen LogP contribution in [-0.2, 0) is 10.0 Å². The highest BCUT2D eigenvalue weighted by Gasteiger charge is 2.11. The van der Waals surface area contributed by atoms with E-state index in [9.17, 15) is 8.42 Å². The van der Waals surface area contributed by atoms with Crippen LogP contribution in [0, 0.1) is 0 Å². The van der Waals surface area contributed by atoms with E-state index in [1.807, 2.05) is 24.3 Å². The summed E-state index contributed by atoms with van der Waals surface area (Å²) in [6, 6.07) is 7.95. The first-order chi connectivity index (χ1) is 9.02. The molecule has 0 saturated heterocycles. The van der Waals surface area contributed by atoms with Crippen LogP contribution in [0.25, 0.3) is 0 Å². The first-order valence-electron chi connectivity index (χ1n) is 6.31. The van der Waals surface area contributed by atoms with E-state index >= 15 is 0 Å². The quantitative estimate of drug-likeness (QED) is 0.755. The molecule has 0 aliphatic heterocycles. The average Bonchev–Trinajstić information content (AvgIpc) is 2.44. The second-order valence-corrected chi connectivity index (χ2v) is 6.26. The van der Waals surface area contributed by atoms with Gasteiger partial charge in [-0.15, -0.1) is 0 Å². The summed E-state index contributed by atoms with van der Waals surface area (Å²) in [5.74, 6) is 0.896. The fraction of sp³-hybridized carbons (Fsp3) is 0.538. The van der Waals surface area contributed by atoms with Crippen molar-refractivity contribution >= 4 is 10.0 Å². The predicted molar refractivity (Wildman–Crippen MR) is 76.9 cm³/mol. The maximum absolute atomic E-state index is 11.3. The molecule has 1 aromatic rings. The van der Waals surface area contributed by atoms with Gasteiger partial charge in [-0.25, -0.2) is 13.1 Å². The second-order valence-electron chi connectivity index (χ2n) is 4.21. The van der Waals surface area contributed by atoms with Crippen molar-refractivity contribution in [2.24, 2.45) is 0 Å². The first kappa shape index (κ1) is 15.9. The molecule has 108 valence electrons. The lowest BCUT2D eigenvalue weighted by atomic mass is 10.0. The van der Waals surface area contributed by atoms with Crippen LogP contribution >= 0.6 is 0 Å². The predicted octanol–water partition coefficient (Wildman–Crippen LogP) is 1.29. The van der Waals surface area contributed by atoms with Crippen LogP contribution in [0.2, 0.25) is 0 Å². The Bertz CT molecular complexity index is 471. The number of nitrogens with one attached hydrogen (secondary N) is 2. The Morgan fingerprint density at radius 2 is 1.89 bits per heavy atom. The van der Waals surface area contributed by atoms with Crippen LogP contribution in [0.4, 0.5) is 0 Å². The molecule has 1 aromatic carbocycles. The third-order valence-electron chi connectivity index (χ3n) is 3.00. The molecule has 1 atom stereocenters. The molecule has 0 bridgehead atoms. The van der Waals surface area contributed by atoms with E-state index < -0.39 is 10.0 Å². The van der Waals surface area contributed by atoms with Crippen molar-refractivity contribution in [1.29, 1.82) is 0 Å². The zero-order chi connectivity index (χ0) is 14.3. The summed E-state index contributed by atoms with van der Waals surface area (Å²) in [5.41, 5.74) is 1.13. The average molecular weight is 286 g/mol. The van der Waals surface area contributed by atoms with E-state index in [0.717, 1.165) is 17.7 Å². The number of sulfonamides is 1. The van der Waals surface area contributed by atoms with Gasteiger partial charge in [0.15, 0.2) is 0 Å². The lowest BCUT2D eigenvalue weighted by molar-refractivity contribution is 0.414. The van der Waals surface area contributed by atoms with E-state index in [1.165, 1.54) is 7.05 Å².